The SMILES string of the molecule is CC.CS(=O)(=O)c1ccc(C(O)C(CF)NC(=O)C(Cl)Cl)cc1. The maximum absolute atomic E-state index is 12.9. The second-order valence-electron chi connectivity index (χ2n) is 4.36. The average Bonchev–Trinajstić information content (AvgIpc) is 2.52. The summed E-state index contributed by atoms with van der Waals surface area (Å²) in [6.07, 6.45) is -0.316. The molecule has 2 atom stereocenters. The molecule has 2 unspecified atom stereocenters. The van der Waals surface area contributed by atoms with Gasteiger partial charge in [-0.3, -0.25) is 4.79 Å². The highest BCUT2D eigenvalue weighted by Gasteiger charge is 2.25. The van der Waals surface area contributed by atoms with Crippen LogP contribution in [0.4, 0.5) is 4.39 Å². The number of sulfone groups is 1. The number of rotatable bonds is 6. The van der Waals surface area contributed by atoms with Crippen molar-refractivity contribution < 1.29 is 22.7 Å². The highest BCUT2D eigenvalue weighted by atomic mass is 35.5. The van der Waals surface area contributed by atoms with Crippen LogP contribution in [0.25, 0.3) is 0 Å². The van der Waals surface area contributed by atoms with Crippen molar-refractivity contribution >= 4 is 38.9 Å². The van der Waals surface area contributed by atoms with E-state index in [9.17, 15) is 22.7 Å². The van der Waals surface area contributed by atoms with Gasteiger partial charge in [-0.2, -0.15) is 0 Å². The van der Waals surface area contributed by atoms with Crippen LogP contribution in [-0.2, 0) is 14.6 Å². The molecule has 1 aromatic rings. The Balaban J connectivity index is 0.00000232. The molecule has 0 heterocycles. The predicted octanol–water partition coefficient (Wildman–Crippen LogP) is 2.41. The van der Waals surface area contributed by atoms with Crippen LogP contribution in [0.1, 0.15) is 25.5 Å². The molecule has 1 rings (SSSR count). The van der Waals surface area contributed by atoms with E-state index in [0.29, 0.717) is 0 Å². The van der Waals surface area contributed by atoms with Gasteiger partial charge in [0.2, 0.25) is 0 Å². The molecule has 0 saturated carbocycles. The Labute approximate surface area is 145 Å². The van der Waals surface area contributed by atoms with Gasteiger partial charge in [0, 0.05) is 6.26 Å². The zero-order valence-electron chi connectivity index (χ0n) is 13.0. The molecule has 0 aromatic heterocycles. The van der Waals surface area contributed by atoms with Crippen molar-refractivity contribution in [2.24, 2.45) is 0 Å². The molecule has 0 bridgehead atoms. The molecule has 23 heavy (non-hydrogen) atoms. The van der Waals surface area contributed by atoms with Crippen molar-refractivity contribution in [3.8, 4) is 0 Å². The van der Waals surface area contributed by atoms with Crippen LogP contribution in [0.3, 0.4) is 0 Å². The van der Waals surface area contributed by atoms with Crippen LogP contribution < -0.4 is 5.32 Å². The molecule has 1 aromatic carbocycles. The van der Waals surface area contributed by atoms with Gasteiger partial charge in [-0.25, -0.2) is 12.8 Å². The van der Waals surface area contributed by atoms with Crippen molar-refractivity contribution in [2.75, 3.05) is 12.9 Å². The van der Waals surface area contributed by atoms with E-state index in [1.807, 2.05) is 13.8 Å². The van der Waals surface area contributed by atoms with Crippen LogP contribution in [0.2, 0.25) is 0 Å². The number of aliphatic hydroxyl groups excluding tert-OH is 1. The summed E-state index contributed by atoms with van der Waals surface area (Å²) in [5.41, 5.74) is 0.256. The molecule has 0 aliphatic rings. The van der Waals surface area contributed by atoms with E-state index in [0.717, 1.165) is 6.26 Å². The summed E-state index contributed by atoms with van der Waals surface area (Å²) in [5, 5.41) is 12.2. The summed E-state index contributed by atoms with van der Waals surface area (Å²) in [6.45, 7) is 2.96. The Morgan fingerprint density at radius 1 is 1.26 bits per heavy atom. The lowest BCUT2D eigenvalue weighted by Gasteiger charge is -2.22. The summed E-state index contributed by atoms with van der Waals surface area (Å²) in [7, 11) is -3.36. The Kier molecular flexibility index (Phi) is 9.68. The fraction of sp³-hybridized carbons (Fsp3) is 0.500. The second-order valence-corrected chi connectivity index (χ2v) is 7.47. The maximum Gasteiger partial charge on any atom is 0.253 e. The van der Waals surface area contributed by atoms with Gasteiger partial charge < -0.3 is 10.4 Å². The topological polar surface area (TPSA) is 83.5 Å². The van der Waals surface area contributed by atoms with Gasteiger partial charge in [0.15, 0.2) is 14.7 Å². The molecule has 0 saturated heterocycles. The molecule has 0 fully saturated rings. The van der Waals surface area contributed by atoms with Crippen molar-refractivity contribution in [1.29, 1.82) is 0 Å². The molecule has 0 radical (unpaired) electrons. The normalized spacial score (nSPS) is 13.7. The molecule has 9 heteroatoms. The number of nitrogens with one attached hydrogen (secondary N) is 1. The van der Waals surface area contributed by atoms with E-state index in [2.05, 4.69) is 5.32 Å². The Morgan fingerprint density at radius 2 is 1.74 bits per heavy atom. The van der Waals surface area contributed by atoms with E-state index in [1.165, 1.54) is 24.3 Å². The minimum absolute atomic E-state index is 0.0702. The fourth-order valence-electron chi connectivity index (χ4n) is 1.59. The summed E-state index contributed by atoms with van der Waals surface area (Å²) < 4.78 is 35.6. The highest BCUT2D eigenvalue weighted by molar-refractivity contribution is 7.90. The molecule has 2 N–H and O–H groups in total. The van der Waals surface area contributed by atoms with Crippen molar-refractivity contribution in [3.63, 3.8) is 0 Å². The van der Waals surface area contributed by atoms with Crippen LogP contribution in [0, 0.1) is 0 Å². The van der Waals surface area contributed by atoms with E-state index in [1.54, 1.807) is 0 Å². The molecule has 0 aliphatic heterocycles. The summed E-state index contributed by atoms with van der Waals surface area (Å²) >= 11 is 10.7. The average molecular weight is 388 g/mol. The number of hydrogen-bond donors (Lipinski definition) is 2. The number of halogens is 3. The Morgan fingerprint density at radius 3 is 2.09 bits per heavy atom. The maximum atomic E-state index is 12.9. The van der Waals surface area contributed by atoms with Gasteiger partial charge in [-0.15, -0.1) is 0 Å². The number of carbonyl (C=O) groups excluding carboxylic acids is 1. The quantitative estimate of drug-likeness (QED) is 0.734. The first-order valence-corrected chi connectivity index (χ1v) is 9.55. The summed E-state index contributed by atoms with van der Waals surface area (Å²) in [6, 6.07) is 4.03. The zero-order chi connectivity index (χ0) is 18.2. The van der Waals surface area contributed by atoms with E-state index in [4.69, 9.17) is 23.2 Å². The smallest absolute Gasteiger partial charge is 0.253 e. The van der Waals surface area contributed by atoms with Crippen LogP contribution in [0.15, 0.2) is 29.2 Å². The number of aliphatic hydroxyl groups is 1. The summed E-state index contributed by atoms with van der Waals surface area (Å²) in [4.78, 5) is 10.00. The standard InChI is InChI=1S/C12H14Cl2FNO4S.C2H6/c1-21(19,20)8-4-2-7(3-5-8)10(17)9(6-15)16-12(18)11(13)14;1-2/h2-5,9-11,17H,6H2,1H3,(H,16,18);1-2H3. The van der Waals surface area contributed by atoms with Crippen LogP contribution >= 0.6 is 23.2 Å². The van der Waals surface area contributed by atoms with Crippen molar-refractivity contribution in [2.45, 2.75) is 35.7 Å². The zero-order valence-corrected chi connectivity index (χ0v) is 15.3. The minimum atomic E-state index is -3.36. The first kappa shape index (κ1) is 22.1. The van der Waals surface area contributed by atoms with Crippen LogP contribution in [-0.4, -0.2) is 43.2 Å². The van der Waals surface area contributed by atoms with Gasteiger partial charge >= 0.3 is 0 Å². The molecular formula is C14H20Cl2FNO4S. The molecule has 0 aliphatic carbocycles. The lowest BCUT2D eigenvalue weighted by Crippen LogP contribution is -2.43. The lowest BCUT2D eigenvalue weighted by molar-refractivity contribution is -0.121. The number of alkyl halides is 3. The summed E-state index contributed by atoms with van der Waals surface area (Å²) in [5.74, 6) is -0.826. The minimum Gasteiger partial charge on any atom is -0.386 e. The number of amides is 1. The Bertz CT molecular complexity index is 593. The van der Waals surface area contributed by atoms with Gasteiger partial charge in [0.05, 0.1) is 10.9 Å². The molecule has 1 amide bonds. The lowest BCUT2D eigenvalue weighted by atomic mass is 10.0. The van der Waals surface area contributed by atoms with Gasteiger partial charge in [0.25, 0.3) is 5.91 Å². The van der Waals surface area contributed by atoms with Crippen LogP contribution in [0.5, 0.6) is 0 Å². The molecule has 5 nitrogen and oxygen atoms in total. The molecular weight excluding hydrogens is 368 g/mol. The van der Waals surface area contributed by atoms with Gasteiger partial charge in [-0.05, 0) is 17.7 Å². The largest absolute Gasteiger partial charge is 0.386 e. The number of carbonyl (C=O) groups is 1. The van der Waals surface area contributed by atoms with E-state index < -0.39 is 39.4 Å². The van der Waals surface area contributed by atoms with Crippen molar-refractivity contribution in [1.82, 2.24) is 5.32 Å². The first-order chi connectivity index (χ1) is 10.7. The number of hydrogen-bond acceptors (Lipinski definition) is 4. The molecule has 132 valence electrons. The third kappa shape index (κ3) is 7.03. The monoisotopic (exact) mass is 387 g/mol. The predicted molar refractivity (Wildman–Crippen MR) is 89.3 cm³/mol. The first-order valence-electron chi connectivity index (χ1n) is 6.79. The highest BCUT2D eigenvalue weighted by Crippen LogP contribution is 2.20. The van der Waals surface area contributed by atoms with E-state index >= 15 is 0 Å². The van der Waals surface area contributed by atoms with Gasteiger partial charge in [-0.1, -0.05) is 49.2 Å². The second kappa shape index (κ2) is 10.1. The Hall–Kier alpha value is -0.890. The van der Waals surface area contributed by atoms with E-state index in [-0.39, 0.29) is 10.5 Å². The number of benzene rings is 1. The third-order valence-corrected chi connectivity index (χ3v) is 4.25. The van der Waals surface area contributed by atoms with Crippen molar-refractivity contribution in [3.05, 3.63) is 29.8 Å². The molecule has 0 spiro atoms. The fourth-order valence-corrected chi connectivity index (χ4v) is 2.35. The third-order valence-electron chi connectivity index (χ3n) is 2.72. The van der Waals surface area contributed by atoms with Gasteiger partial charge in [0.1, 0.15) is 12.8 Å².